The molecule has 64 valence electrons. The van der Waals surface area contributed by atoms with Gasteiger partial charge < -0.3 is 0 Å². The Morgan fingerprint density at radius 2 is 2.25 bits per heavy atom. The third-order valence-corrected chi connectivity index (χ3v) is 2.09. The Morgan fingerprint density at radius 3 is 2.67 bits per heavy atom. The highest BCUT2D eigenvalue weighted by atomic mass is 28.3. The van der Waals surface area contributed by atoms with Crippen LogP contribution < -0.4 is 0 Å². The largest absolute Gasteiger partial charge is 0.275 e. The SMILES string of the molecule is [2H]c1c(C#C[Si](C)(C)C)cnn1C. The molecule has 0 spiro atoms. The molecular weight excluding hydrogens is 164 g/mol. The van der Waals surface area contributed by atoms with Crippen molar-refractivity contribution in [2.24, 2.45) is 7.05 Å². The standard InChI is InChI=1S/C9H14N2Si/c1-11-8-9(7-10-11)5-6-12(2,3)4/h7-8H,1-4H3/i8D. The number of nitrogens with zero attached hydrogens (tertiary/aromatic N) is 2. The van der Waals surface area contributed by atoms with Crippen molar-refractivity contribution in [2.75, 3.05) is 0 Å². The topological polar surface area (TPSA) is 17.8 Å². The Bertz CT molecular complexity index is 365. The molecule has 12 heavy (non-hydrogen) atoms. The predicted molar refractivity (Wildman–Crippen MR) is 53.4 cm³/mol. The van der Waals surface area contributed by atoms with Crippen molar-refractivity contribution in [3.8, 4) is 11.5 Å². The molecule has 0 bridgehead atoms. The number of hydrogen-bond donors (Lipinski definition) is 0. The Morgan fingerprint density at radius 1 is 1.58 bits per heavy atom. The molecule has 0 radical (unpaired) electrons. The molecule has 1 aromatic heterocycles. The maximum absolute atomic E-state index is 7.60. The minimum absolute atomic E-state index is 0.394. The highest BCUT2D eigenvalue weighted by Gasteiger charge is 2.07. The van der Waals surface area contributed by atoms with Crippen molar-refractivity contribution < 1.29 is 1.37 Å². The van der Waals surface area contributed by atoms with Gasteiger partial charge in [-0.25, -0.2) is 0 Å². The van der Waals surface area contributed by atoms with Crippen LogP contribution in [0.5, 0.6) is 0 Å². The van der Waals surface area contributed by atoms with Crippen LogP contribution in [0.4, 0.5) is 0 Å². The van der Waals surface area contributed by atoms with Gasteiger partial charge in [-0.15, -0.1) is 5.54 Å². The first-order valence-corrected chi connectivity index (χ1v) is 7.42. The summed E-state index contributed by atoms with van der Waals surface area (Å²) in [5, 5.41) is 3.96. The molecule has 3 heteroatoms. The van der Waals surface area contributed by atoms with Crippen LogP contribution in [0.3, 0.4) is 0 Å². The summed E-state index contributed by atoms with van der Waals surface area (Å²) in [4.78, 5) is 0. The van der Waals surface area contributed by atoms with E-state index in [4.69, 9.17) is 1.37 Å². The van der Waals surface area contributed by atoms with Crippen LogP contribution >= 0.6 is 0 Å². The van der Waals surface area contributed by atoms with E-state index in [0.29, 0.717) is 6.17 Å². The van der Waals surface area contributed by atoms with Gasteiger partial charge in [0, 0.05) is 13.2 Å². The molecule has 0 aliphatic heterocycles. The fourth-order valence-electron chi connectivity index (χ4n) is 0.691. The average Bonchev–Trinajstić information content (AvgIpc) is 2.29. The van der Waals surface area contributed by atoms with Crippen LogP contribution in [0.2, 0.25) is 19.6 Å². The molecule has 0 aliphatic rings. The van der Waals surface area contributed by atoms with Crippen LogP contribution in [0.1, 0.15) is 6.93 Å². The van der Waals surface area contributed by atoms with Gasteiger partial charge in [-0.1, -0.05) is 25.6 Å². The summed E-state index contributed by atoms with van der Waals surface area (Å²) in [7, 11) is 0.417. The number of hydrogen-bond acceptors (Lipinski definition) is 1. The van der Waals surface area contributed by atoms with Gasteiger partial charge in [0.15, 0.2) is 0 Å². The number of rotatable bonds is 0. The van der Waals surface area contributed by atoms with Crippen molar-refractivity contribution in [2.45, 2.75) is 19.6 Å². The highest BCUT2D eigenvalue weighted by molar-refractivity contribution is 6.83. The number of aromatic nitrogens is 2. The van der Waals surface area contributed by atoms with E-state index in [2.05, 4.69) is 36.2 Å². The molecule has 0 saturated heterocycles. The van der Waals surface area contributed by atoms with E-state index in [0.717, 1.165) is 5.56 Å². The summed E-state index contributed by atoms with van der Waals surface area (Å²) >= 11 is 0. The lowest BCUT2D eigenvalue weighted by atomic mass is 10.4. The normalized spacial score (nSPS) is 11.8. The van der Waals surface area contributed by atoms with Crippen LogP contribution in [-0.2, 0) is 7.05 Å². The van der Waals surface area contributed by atoms with E-state index in [9.17, 15) is 0 Å². The highest BCUT2D eigenvalue weighted by Crippen LogP contribution is 1.99. The van der Waals surface area contributed by atoms with Gasteiger partial charge in [0.25, 0.3) is 0 Å². The van der Waals surface area contributed by atoms with Gasteiger partial charge in [-0.05, 0) is 0 Å². The van der Waals surface area contributed by atoms with Crippen molar-refractivity contribution in [1.29, 1.82) is 0 Å². The number of aryl methyl sites for hydroxylation is 1. The van der Waals surface area contributed by atoms with Gasteiger partial charge in [-0.3, -0.25) is 4.68 Å². The second kappa shape index (κ2) is 3.16. The van der Waals surface area contributed by atoms with Crippen molar-refractivity contribution in [3.63, 3.8) is 0 Å². The minimum Gasteiger partial charge on any atom is -0.275 e. The maximum Gasteiger partial charge on any atom is 0.129 e. The quantitative estimate of drug-likeness (QED) is 0.437. The van der Waals surface area contributed by atoms with Gasteiger partial charge in [0.05, 0.1) is 13.1 Å². The molecule has 0 atom stereocenters. The van der Waals surface area contributed by atoms with Crippen molar-refractivity contribution in [1.82, 2.24) is 9.78 Å². The molecule has 0 amide bonds. The molecule has 0 unspecified atom stereocenters. The van der Waals surface area contributed by atoms with Gasteiger partial charge >= 0.3 is 0 Å². The van der Waals surface area contributed by atoms with Crippen LogP contribution in [-0.4, -0.2) is 17.9 Å². The van der Waals surface area contributed by atoms with E-state index in [1.54, 1.807) is 13.2 Å². The fraction of sp³-hybridized carbons (Fsp3) is 0.444. The van der Waals surface area contributed by atoms with Crippen molar-refractivity contribution >= 4 is 8.07 Å². The summed E-state index contributed by atoms with van der Waals surface area (Å²) in [6.07, 6.45) is 2.04. The summed E-state index contributed by atoms with van der Waals surface area (Å²) in [6.45, 7) is 6.54. The molecular formula is C9H14N2Si. The lowest BCUT2D eigenvalue weighted by Crippen LogP contribution is -2.16. The lowest BCUT2D eigenvalue weighted by Gasteiger charge is -2.02. The summed E-state index contributed by atoms with van der Waals surface area (Å²) in [5.41, 5.74) is 3.93. The Labute approximate surface area is 76.0 Å². The lowest BCUT2D eigenvalue weighted by molar-refractivity contribution is 0.767. The third kappa shape index (κ3) is 2.93. The third-order valence-electron chi connectivity index (χ3n) is 1.21. The van der Waals surface area contributed by atoms with Crippen LogP contribution in [0.25, 0.3) is 0 Å². The molecule has 1 heterocycles. The Balaban J connectivity index is 2.97. The van der Waals surface area contributed by atoms with E-state index >= 15 is 0 Å². The van der Waals surface area contributed by atoms with E-state index in [1.807, 2.05) is 0 Å². The molecule has 0 fully saturated rings. The molecule has 0 N–H and O–H groups in total. The molecule has 1 aromatic rings. The zero-order valence-corrected chi connectivity index (χ0v) is 8.97. The smallest absolute Gasteiger partial charge is 0.129 e. The fourth-order valence-corrected chi connectivity index (χ4v) is 1.20. The first-order valence-electron chi connectivity index (χ1n) is 4.42. The molecule has 1 rings (SSSR count). The monoisotopic (exact) mass is 179 g/mol. The Kier molecular flexibility index (Phi) is 2.01. The van der Waals surface area contributed by atoms with Gasteiger partial charge in [0.2, 0.25) is 0 Å². The minimum atomic E-state index is -1.34. The van der Waals surface area contributed by atoms with Crippen molar-refractivity contribution in [3.05, 3.63) is 17.9 Å². The van der Waals surface area contributed by atoms with E-state index in [1.165, 1.54) is 4.68 Å². The summed E-state index contributed by atoms with van der Waals surface area (Å²) < 4.78 is 9.12. The first-order chi connectivity index (χ1) is 5.90. The van der Waals surface area contributed by atoms with E-state index in [-0.39, 0.29) is 0 Å². The summed E-state index contributed by atoms with van der Waals surface area (Å²) in [6, 6.07) is 0. The second-order valence-corrected chi connectivity index (χ2v) is 8.54. The molecule has 0 aliphatic carbocycles. The predicted octanol–water partition coefficient (Wildman–Crippen LogP) is 1.65. The van der Waals surface area contributed by atoms with Crippen LogP contribution in [0, 0.1) is 11.5 Å². The van der Waals surface area contributed by atoms with E-state index < -0.39 is 8.07 Å². The zero-order chi connectivity index (χ0) is 10.1. The summed E-state index contributed by atoms with van der Waals surface area (Å²) in [5.74, 6) is 3.01. The van der Waals surface area contributed by atoms with Crippen LogP contribution in [0.15, 0.2) is 12.4 Å². The zero-order valence-electron chi connectivity index (χ0n) is 8.97. The Hall–Kier alpha value is -1.01. The average molecular weight is 179 g/mol. The van der Waals surface area contributed by atoms with Gasteiger partial charge in [-0.2, -0.15) is 5.10 Å². The van der Waals surface area contributed by atoms with Gasteiger partial charge in [0.1, 0.15) is 8.07 Å². The molecule has 0 saturated carbocycles. The molecule has 2 nitrogen and oxygen atoms in total. The second-order valence-electron chi connectivity index (χ2n) is 3.79. The maximum atomic E-state index is 7.60. The first kappa shape index (κ1) is 7.63. The molecule has 0 aromatic carbocycles.